The van der Waals surface area contributed by atoms with Gasteiger partial charge in [0.25, 0.3) is 0 Å². The topological polar surface area (TPSA) is 12.5 Å². The molecule has 0 bridgehead atoms. The summed E-state index contributed by atoms with van der Waals surface area (Å²) in [4.78, 5) is 2.67. The van der Waals surface area contributed by atoms with Gasteiger partial charge in [-0.1, -0.05) is 38.1 Å². The summed E-state index contributed by atoms with van der Waals surface area (Å²) in [6.45, 7) is 12.4. The third-order valence-corrected chi connectivity index (χ3v) is 4.87. The molecule has 0 N–H and O–H groups in total. The molecule has 2 nitrogen and oxygen atoms in total. The van der Waals surface area contributed by atoms with Gasteiger partial charge in [0.2, 0.25) is 0 Å². The maximum Gasteiger partial charge on any atom is 0.109 e. The van der Waals surface area contributed by atoms with Gasteiger partial charge in [-0.2, -0.15) is 0 Å². The van der Waals surface area contributed by atoms with Gasteiger partial charge in [0.15, 0.2) is 0 Å². The zero-order valence-corrected chi connectivity index (χ0v) is 16.1. The molecule has 21 heavy (non-hydrogen) atoms. The molecule has 2 atom stereocenters. The van der Waals surface area contributed by atoms with Gasteiger partial charge < -0.3 is 3.07 Å². The van der Waals surface area contributed by atoms with E-state index in [2.05, 4.69) is 63.8 Å². The summed E-state index contributed by atoms with van der Waals surface area (Å²) in [5, 5.41) is 0. The predicted octanol–water partition coefficient (Wildman–Crippen LogP) is 5.48. The Labute approximate surface area is 143 Å². The molecular formula is C18H28INO. The summed E-state index contributed by atoms with van der Waals surface area (Å²) in [7, 11) is 0. The van der Waals surface area contributed by atoms with Crippen LogP contribution in [0.5, 0.6) is 0 Å². The first-order chi connectivity index (χ1) is 9.86. The normalized spacial score (nSPS) is 24.0. The summed E-state index contributed by atoms with van der Waals surface area (Å²) in [5.41, 5.74) is 3.16. The lowest BCUT2D eigenvalue weighted by molar-refractivity contribution is 0.0590. The van der Waals surface area contributed by atoms with Crippen molar-refractivity contribution in [2.24, 2.45) is 0 Å². The summed E-state index contributed by atoms with van der Waals surface area (Å²) < 4.78 is 5.44. The highest BCUT2D eigenvalue weighted by atomic mass is 127. The molecule has 0 spiro atoms. The lowest BCUT2D eigenvalue weighted by Crippen LogP contribution is -2.47. The fraction of sp³-hybridized carbons (Fsp3) is 0.667. The summed E-state index contributed by atoms with van der Waals surface area (Å²) in [6, 6.07) is 10.0. The van der Waals surface area contributed by atoms with E-state index >= 15 is 0 Å². The van der Waals surface area contributed by atoms with E-state index < -0.39 is 0 Å². The molecule has 2 unspecified atom stereocenters. The van der Waals surface area contributed by atoms with Crippen LogP contribution >= 0.6 is 23.0 Å². The van der Waals surface area contributed by atoms with Gasteiger partial charge in [0, 0.05) is 17.6 Å². The molecule has 1 aliphatic rings. The standard InChI is InChI=1S/C18H28INO/c1-13(2)15-8-6-7-9-16(15)17-11-10-14(12-21-19)20(17)18(3,4)5/h6-9,13-14,17H,10-12H2,1-5H3. The third kappa shape index (κ3) is 3.80. The van der Waals surface area contributed by atoms with Crippen molar-refractivity contribution in [1.29, 1.82) is 0 Å². The Kier molecular flexibility index (Phi) is 5.71. The van der Waals surface area contributed by atoms with Crippen molar-refractivity contribution >= 4 is 23.0 Å². The van der Waals surface area contributed by atoms with Crippen molar-refractivity contribution < 1.29 is 3.07 Å². The fourth-order valence-corrected chi connectivity index (χ4v) is 4.20. The number of rotatable bonds is 4. The second-order valence-corrected chi connectivity index (χ2v) is 8.01. The molecule has 1 aliphatic heterocycles. The van der Waals surface area contributed by atoms with Crippen molar-refractivity contribution in [1.82, 2.24) is 4.90 Å². The van der Waals surface area contributed by atoms with Crippen LogP contribution in [0, 0.1) is 0 Å². The first kappa shape index (κ1) is 17.2. The molecule has 118 valence electrons. The Morgan fingerprint density at radius 3 is 2.48 bits per heavy atom. The van der Waals surface area contributed by atoms with Gasteiger partial charge in [-0.3, -0.25) is 4.90 Å². The van der Waals surface area contributed by atoms with Crippen LogP contribution in [0.25, 0.3) is 0 Å². The first-order valence-corrected chi connectivity index (χ1v) is 8.85. The Balaban J connectivity index is 2.38. The van der Waals surface area contributed by atoms with Gasteiger partial charge >= 0.3 is 0 Å². The highest BCUT2D eigenvalue weighted by molar-refractivity contribution is 14.1. The second kappa shape index (κ2) is 6.97. The predicted molar refractivity (Wildman–Crippen MR) is 97.9 cm³/mol. The Morgan fingerprint density at radius 2 is 1.90 bits per heavy atom. The van der Waals surface area contributed by atoms with Crippen molar-refractivity contribution in [2.75, 3.05) is 6.61 Å². The number of halogens is 1. The van der Waals surface area contributed by atoms with Crippen LogP contribution in [0.15, 0.2) is 24.3 Å². The molecule has 2 rings (SSSR count). The van der Waals surface area contributed by atoms with Crippen molar-refractivity contribution in [3.8, 4) is 0 Å². The highest BCUT2D eigenvalue weighted by Gasteiger charge is 2.41. The maximum atomic E-state index is 5.44. The third-order valence-electron chi connectivity index (χ3n) is 4.51. The number of hydrogen-bond donors (Lipinski definition) is 0. The number of nitrogens with zero attached hydrogens (tertiary/aromatic N) is 1. The zero-order chi connectivity index (χ0) is 15.6. The molecule has 0 aliphatic carbocycles. The lowest BCUT2D eigenvalue weighted by atomic mass is 9.90. The molecule has 1 aromatic rings. The van der Waals surface area contributed by atoms with Gasteiger partial charge in [0.1, 0.15) is 23.0 Å². The van der Waals surface area contributed by atoms with E-state index in [9.17, 15) is 0 Å². The summed E-state index contributed by atoms with van der Waals surface area (Å²) in [6.07, 6.45) is 2.45. The molecule has 3 heteroatoms. The van der Waals surface area contributed by atoms with Gasteiger partial charge in [0.05, 0.1) is 6.61 Å². The minimum absolute atomic E-state index is 0.158. The maximum absolute atomic E-state index is 5.44. The molecule has 0 amide bonds. The van der Waals surface area contributed by atoms with Crippen molar-refractivity contribution in [3.63, 3.8) is 0 Å². The van der Waals surface area contributed by atoms with Gasteiger partial charge in [-0.25, -0.2) is 0 Å². The largest absolute Gasteiger partial charge is 0.314 e. The fourth-order valence-electron chi connectivity index (χ4n) is 3.78. The van der Waals surface area contributed by atoms with Gasteiger partial charge in [-0.05, 0) is 50.7 Å². The van der Waals surface area contributed by atoms with E-state index in [1.165, 1.54) is 24.0 Å². The molecular weight excluding hydrogens is 373 g/mol. The molecule has 1 saturated heterocycles. The van der Waals surface area contributed by atoms with E-state index in [0.29, 0.717) is 18.0 Å². The monoisotopic (exact) mass is 401 g/mol. The smallest absolute Gasteiger partial charge is 0.109 e. The van der Waals surface area contributed by atoms with Gasteiger partial charge in [-0.15, -0.1) is 0 Å². The minimum atomic E-state index is 0.158. The Morgan fingerprint density at radius 1 is 1.24 bits per heavy atom. The number of benzene rings is 1. The van der Waals surface area contributed by atoms with Crippen LogP contribution in [0.3, 0.4) is 0 Å². The molecule has 1 heterocycles. The van der Waals surface area contributed by atoms with Crippen LogP contribution in [-0.2, 0) is 3.07 Å². The van der Waals surface area contributed by atoms with Crippen LogP contribution in [0.4, 0.5) is 0 Å². The summed E-state index contributed by atoms with van der Waals surface area (Å²) >= 11 is 2.03. The van der Waals surface area contributed by atoms with Crippen LogP contribution < -0.4 is 0 Å². The van der Waals surface area contributed by atoms with Crippen LogP contribution in [-0.4, -0.2) is 23.1 Å². The zero-order valence-electron chi connectivity index (χ0n) is 13.9. The summed E-state index contributed by atoms with van der Waals surface area (Å²) in [5.74, 6) is 0.572. The van der Waals surface area contributed by atoms with Crippen molar-refractivity contribution in [3.05, 3.63) is 35.4 Å². The molecule has 1 aromatic carbocycles. The highest BCUT2D eigenvalue weighted by Crippen LogP contribution is 2.43. The van der Waals surface area contributed by atoms with Crippen LogP contribution in [0.1, 0.15) is 70.5 Å². The Hall–Kier alpha value is -0.130. The van der Waals surface area contributed by atoms with E-state index in [1.54, 1.807) is 0 Å². The van der Waals surface area contributed by atoms with E-state index in [4.69, 9.17) is 3.07 Å². The van der Waals surface area contributed by atoms with Crippen LogP contribution in [0.2, 0.25) is 0 Å². The quantitative estimate of drug-likeness (QED) is 0.620. The van der Waals surface area contributed by atoms with E-state index in [0.717, 1.165) is 6.61 Å². The Bertz CT molecular complexity index is 467. The minimum Gasteiger partial charge on any atom is -0.314 e. The number of likely N-dealkylation sites (tertiary alicyclic amines) is 1. The average molecular weight is 401 g/mol. The average Bonchev–Trinajstić information content (AvgIpc) is 2.82. The molecule has 0 radical (unpaired) electrons. The first-order valence-electron chi connectivity index (χ1n) is 7.97. The SMILES string of the molecule is CC(C)c1ccccc1C1CCC(COI)N1C(C)(C)C. The number of hydrogen-bond acceptors (Lipinski definition) is 2. The molecule has 0 saturated carbocycles. The van der Waals surface area contributed by atoms with E-state index in [1.807, 2.05) is 23.0 Å². The molecule has 1 fully saturated rings. The van der Waals surface area contributed by atoms with Crippen molar-refractivity contribution in [2.45, 2.75) is 71.0 Å². The molecule has 0 aromatic heterocycles. The van der Waals surface area contributed by atoms with E-state index in [-0.39, 0.29) is 5.54 Å². The lowest BCUT2D eigenvalue weighted by Gasteiger charge is -2.42. The second-order valence-electron chi connectivity index (χ2n) is 7.38.